The predicted octanol–water partition coefficient (Wildman–Crippen LogP) is 2.86. The third kappa shape index (κ3) is 3.97. The smallest absolute Gasteiger partial charge is 0.319 e. The Hall–Kier alpha value is -2.28. The number of aromatic nitrogens is 3. The number of carbonyl (C=O) groups excluding carboxylic acids is 1. The van der Waals surface area contributed by atoms with E-state index in [0.717, 1.165) is 18.7 Å². The average molecular weight is 350 g/mol. The highest BCUT2D eigenvalue weighted by molar-refractivity contribution is 6.33. The lowest BCUT2D eigenvalue weighted by atomic mass is 10.1. The molecule has 0 spiro atoms. The topological polar surface area (TPSA) is 81.1 Å². The van der Waals surface area contributed by atoms with Crippen LogP contribution in [0.15, 0.2) is 24.5 Å². The van der Waals surface area contributed by atoms with Gasteiger partial charge in [-0.15, -0.1) is 0 Å². The lowest BCUT2D eigenvalue weighted by Crippen LogP contribution is -2.43. The number of ether oxygens (including phenoxy) is 1. The first-order chi connectivity index (χ1) is 11.5. The number of anilines is 1. The summed E-state index contributed by atoms with van der Waals surface area (Å²) in [7, 11) is 0. The summed E-state index contributed by atoms with van der Waals surface area (Å²) in [6, 6.07) is 4.93. The standard InChI is InChI=1S/C16H20ClN5O2/c1-10(2)24-12-4-5-14(13(17)7-12)21-16(23)20-11-3-6-15-18-9-19-22(15)8-11/h4-5,7,9-11H,3,6,8H2,1-2H3,(H2,20,21,23). The van der Waals surface area contributed by atoms with Gasteiger partial charge in [-0.25, -0.2) is 14.5 Å². The molecule has 1 atom stereocenters. The van der Waals surface area contributed by atoms with Crippen LogP contribution in [0.1, 0.15) is 26.1 Å². The molecule has 2 amide bonds. The molecule has 1 unspecified atom stereocenters. The van der Waals surface area contributed by atoms with Crippen molar-refractivity contribution in [1.29, 1.82) is 0 Å². The fourth-order valence-electron chi connectivity index (χ4n) is 2.64. The highest BCUT2D eigenvalue weighted by atomic mass is 35.5. The van der Waals surface area contributed by atoms with Gasteiger partial charge in [0, 0.05) is 12.5 Å². The van der Waals surface area contributed by atoms with Crippen LogP contribution in [0.2, 0.25) is 5.02 Å². The number of hydrogen-bond donors (Lipinski definition) is 2. The van der Waals surface area contributed by atoms with Gasteiger partial charge < -0.3 is 15.4 Å². The van der Waals surface area contributed by atoms with Gasteiger partial charge >= 0.3 is 6.03 Å². The van der Waals surface area contributed by atoms with Gasteiger partial charge in [0.25, 0.3) is 0 Å². The summed E-state index contributed by atoms with van der Waals surface area (Å²) in [6.07, 6.45) is 3.24. The lowest BCUT2D eigenvalue weighted by molar-refractivity contribution is 0.241. The molecule has 0 fully saturated rings. The van der Waals surface area contributed by atoms with E-state index in [1.54, 1.807) is 24.5 Å². The number of nitrogens with one attached hydrogen (secondary N) is 2. The number of carbonyl (C=O) groups is 1. The van der Waals surface area contributed by atoms with E-state index in [1.165, 1.54) is 0 Å². The molecule has 2 aromatic rings. The largest absolute Gasteiger partial charge is 0.491 e. The summed E-state index contributed by atoms with van der Waals surface area (Å²) in [5, 5.41) is 10.3. The molecule has 2 N–H and O–H groups in total. The van der Waals surface area contributed by atoms with Gasteiger partial charge in [-0.05, 0) is 32.4 Å². The zero-order chi connectivity index (χ0) is 17.1. The number of amides is 2. The van der Waals surface area contributed by atoms with Crippen LogP contribution in [0.4, 0.5) is 10.5 Å². The van der Waals surface area contributed by atoms with Gasteiger partial charge in [0.2, 0.25) is 0 Å². The van der Waals surface area contributed by atoms with Gasteiger partial charge in [-0.2, -0.15) is 5.10 Å². The van der Waals surface area contributed by atoms with Crippen molar-refractivity contribution in [1.82, 2.24) is 20.1 Å². The molecule has 0 aliphatic carbocycles. The van der Waals surface area contributed by atoms with Crippen molar-refractivity contribution in [2.45, 2.75) is 45.4 Å². The lowest BCUT2D eigenvalue weighted by Gasteiger charge is -2.23. The third-order valence-corrected chi connectivity index (χ3v) is 4.01. The summed E-state index contributed by atoms with van der Waals surface area (Å²) >= 11 is 6.21. The highest BCUT2D eigenvalue weighted by Gasteiger charge is 2.21. The second-order valence-corrected chi connectivity index (χ2v) is 6.41. The third-order valence-electron chi connectivity index (χ3n) is 3.70. The van der Waals surface area contributed by atoms with Crippen LogP contribution in [-0.2, 0) is 13.0 Å². The second-order valence-electron chi connectivity index (χ2n) is 6.00. The zero-order valence-corrected chi connectivity index (χ0v) is 14.4. The predicted molar refractivity (Wildman–Crippen MR) is 91.5 cm³/mol. The Morgan fingerprint density at radius 3 is 3.04 bits per heavy atom. The molecule has 0 radical (unpaired) electrons. The summed E-state index contributed by atoms with van der Waals surface area (Å²) in [4.78, 5) is 16.4. The number of halogens is 1. The van der Waals surface area contributed by atoms with E-state index >= 15 is 0 Å². The quantitative estimate of drug-likeness (QED) is 0.889. The van der Waals surface area contributed by atoms with E-state index < -0.39 is 0 Å². The van der Waals surface area contributed by atoms with Crippen molar-refractivity contribution < 1.29 is 9.53 Å². The highest BCUT2D eigenvalue weighted by Crippen LogP contribution is 2.27. The van der Waals surface area contributed by atoms with Crippen LogP contribution in [0, 0.1) is 0 Å². The Bertz CT molecular complexity index is 731. The number of hydrogen-bond acceptors (Lipinski definition) is 4. The van der Waals surface area contributed by atoms with Crippen molar-refractivity contribution in [3.63, 3.8) is 0 Å². The van der Waals surface area contributed by atoms with Gasteiger partial charge in [0.1, 0.15) is 17.9 Å². The molecule has 1 aliphatic rings. The van der Waals surface area contributed by atoms with Crippen LogP contribution in [0.5, 0.6) is 5.75 Å². The minimum atomic E-state index is -0.289. The first-order valence-corrected chi connectivity index (χ1v) is 8.29. The van der Waals surface area contributed by atoms with E-state index in [4.69, 9.17) is 16.3 Å². The molecule has 8 heteroatoms. The SMILES string of the molecule is CC(C)Oc1ccc(NC(=O)NC2CCc3ncnn3C2)c(Cl)c1. The maximum Gasteiger partial charge on any atom is 0.319 e. The molecule has 2 heterocycles. The maximum atomic E-state index is 12.2. The summed E-state index contributed by atoms with van der Waals surface area (Å²) in [5.74, 6) is 1.63. The van der Waals surface area contributed by atoms with Crippen molar-refractivity contribution in [2.24, 2.45) is 0 Å². The van der Waals surface area contributed by atoms with Crippen molar-refractivity contribution >= 4 is 23.3 Å². The van der Waals surface area contributed by atoms with Gasteiger partial charge in [-0.3, -0.25) is 0 Å². The number of nitrogens with zero attached hydrogens (tertiary/aromatic N) is 3. The molecule has 0 bridgehead atoms. The molecule has 1 aromatic heterocycles. The van der Waals surface area contributed by atoms with E-state index in [2.05, 4.69) is 20.7 Å². The minimum absolute atomic E-state index is 0.0153. The monoisotopic (exact) mass is 349 g/mol. The summed E-state index contributed by atoms with van der Waals surface area (Å²) < 4.78 is 7.39. The van der Waals surface area contributed by atoms with Crippen molar-refractivity contribution in [2.75, 3.05) is 5.32 Å². The fraction of sp³-hybridized carbons (Fsp3) is 0.438. The normalized spacial score (nSPS) is 16.6. The van der Waals surface area contributed by atoms with Crippen LogP contribution in [0.25, 0.3) is 0 Å². The molecule has 3 rings (SSSR count). The molecule has 1 aliphatic heterocycles. The van der Waals surface area contributed by atoms with E-state index in [0.29, 0.717) is 23.0 Å². The molecule has 0 saturated carbocycles. The summed E-state index contributed by atoms with van der Waals surface area (Å²) in [6.45, 7) is 4.51. The second kappa shape index (κ2) is 7.09. The average Bonchev–Trinajstić information content (AvgIpc) is 2.97. The van der Waals surface area contributed by atoms with E-state index in [9.17, 15) is 4.79 Å². The number of rotatable bonds is 4. The molecular formula is C16H20ClN5O2. The Labute approximate surface area is 145 Å². The van der Waals surface area contributed by atoms with Gasteiger partial charge in [0.05, 0.1) is 29.4 Å². The Balaban J connectivity index is 1.57. The molecule has 0 saturated heterocycles. The molecule has 128 valence electrons. The zero-order valence-electron chi connectivity index (χ0n) is 13.6. The molecule has 7 nitrogen and oxygen atoms in total. The fourth-order valence-corrected chi connectivity index (χ4v) is 2.86. The minimum Gasteiger partial charge on any atom is -0.491 e. The van der Waals surface area contributed by atoms with Crippen LogP contribution in [0.3, 0.4) is 0 Å². The van der Waals surface area contributed by atoms with Gasteiger partial charge in [0.15, 0.2) is 0 Å². The Morgan fingerprint density at radius 2 is 2.29 bits per heavy atom. The van der Waals surface area contributed by atoms with Crippen LogP contribution >= 0.6 is 11.6 Å². The first-order valence-electron chi connectivity index (χ1n) is 7.91. The van der Waals surface area contributed by atoms with Crippen LogP contribution < -0.4 is 15.4 Å². The van der Waals surface area contributed by atoms with E-state index in [-0.39, 0.29) is 18.2 Å². The van der Waals surface area contributed by atoms with Crippen molar-refractivity contribution in [3.8, 4) is 5.75 Å². The van der Waals surface area contributed by atoms with Crippen LogP contribution in [-0.4, -0.2) is 32.9 Å². The van der Waals surface area contributed by atoms with E-state index in [1.807, 2.05) is 18.5 Å². The number of benzene rings is 1. The maximum absolute atomic E-state index is 12.2. The van der Waals surface area contributed by atoms with Gasteiger partial charge in [-0.1, -0.05) is 11.6 Å². The number of urea groups is 1. The first kappa shape index (κ1) is 16.6. The number of fused-ring (bicyclic) bond motifs is 1. The number of aryl methyl sites for hydroxylation is 1. The van der Waals surface area contributed by atoms with Crippen molar-refractivity contribution in [3.05, 3.63) is 35.4 Å². The Kier molecular flexibility index (Phi) is 4.89. The summed E-state index contributed by atoms with van der Waals surface area (Å²) in [5.41, 5.74) is 0.544. The molecular weight excluding hydrogens is 330 g/mol. The molecule has 24 heavy (non-hydrogen) atoms. The molecule has 1 aromatic carbocycles. The Morgan fingerprint density at radius 1 is 1.46 bits per heavy atom.